The number of benzene rings is 1. The number of aliphatic hydroxyl groups is 1. The second-order valence-electron chi connectivity index (χ2n) is 7.52. The van der Waals surface area contributed by atoms with E-state index in [9.17, 15) is 10.2 Å². The first-order valence-corrected chi connectivity index (χ1v) is 8.46. The van der Waals surface area contributed by atoms with Crippen molar-refractivity contribution in [2.45, 2.75) is 46.1 Å². The van der Waals surface area contributed by atoms with Crippen molar-refractivity contribution in [3.63, 3.8) is 0 Å². The highest BCUT2D eigenvalue weighted by Gasteiger charge is 2.55. The fourth-order valence-electron chi connectivity index (χ4n) is 4.14. The van der Waals surface area contributed by atoms with Crippen LogP contribution in [-0.2, 0) is 6.42 Å². The molecular formula is C20H30O3. The van der Waals surface area contributed by atoms with Gasteiger partial charge < -0.3 is 14.9 Å². The third-order valence-corrected chi connectivity index (χ3v) is 5.94. The number of phenols is 1. The smallest absolute Gasteiger partial charge is 0.160 e. The fourth-order valence-corrected chi connectivity index (χ4v) is 4.14. The Labute approximate surface area is 140 Å². The van der Waals surface area contributed by atoms with Crippen LogP contribution in [0, 0.1) is 23.2 Å². The molecular weight excluding hydrogens is 288 g/mol. The van der Waals surface area contributed by atoms with E-state index in [0.717, 1.165) is 30.2 Å². The van der Waals surface area contributed by atoms with Crippen molar-refractivity contribution in [1.82, 2.24) is 0 Å². The molecule has 0 radical (unpaired) electrons. The number of aliphatic hydroxyl groups excluding tert-OH is 1. The molecule has 3 aliphatic carbocycles. The zero-order valence-corrected chi connectivity index (χ0v) is 14.7. The minimum atomic E-state index is -0.00762. The number of allylic oxidation sites excluding steroid dienone is 1. The maximum absolute atomic E-state index is 9.61. The number of aromatic hydroxyl groups is 1. The van der Waals surface area contributed by atoms with Gasteiger partial charge in [0.15, 0.2) is 11.5 Å². The molecule has 2 bridgehead atoms. The summed E-state index contributed by atoms with van der Waals surface area (Å²) in [4.78, 5) is 0. The van der Waals surface area contributed by atoms with E-state index in [2.05, 4.69) is 27.4 Å². The number of rotatable bonds is 3. The molecule has 3 heteroatoms. The largest absolute Gasteiger partial charge is 0.504 e. The predicted octanol–water partition coefficient (Wildman–Crippen LogP) is 4.18. The van der Waals surface area contributed by atoms with E-state index in [1.54, 1.807) is 12.1 Å². The van der Waals surface area contributed by atoms with Crippen LogP contribution in [0.5, 0.6) is 11.5 Å². The summed E-state index contributed by atoms with van der Waals surface area (Å²) in [6, 6.07) is 5.27. The number of ether oxygens (including phenoxy) is 1. The van der Waals surface area contributed by atoms with Gasteiger partial charge >= 0.3 is 0 Å². The summed E-state index contributed by atoms with van der Waals surface area (Å²) < 4.78 is 4.95. The molecule has 23 heavy (non-hydrogen) atoms. The lowest BCUT2D eigenvalue weighted by molar-refractivity contribution is -0.154. The van der Waals surface area contributed by atoms with Crippen LogP contribution in [0.15, 0.2) is 30.9 Å². The van der Waals surface area contributed by atoms with Crippen molar-refractivity contribution in [3.05, 3.63) is 36.4 Å². The van der Waals surface area contributed by atoms with E-state index in [0.29, 0.717) is 17.1 Å². The van der Waals surface area contributed by atoms with Gasteiger partial charge in [0.2, 0.25) is 0 Å². The van der Waals surface area contributed by atoms with Gasteiger partial charge in [-0.3, -0.25) is 0 Å². The third kappa shape index (κ3) is 3.55. The van der Waals surface area contributed by atoms with E-state index < -0.39 is 0 Å². The molecule has 128 valence electrons. The van der Waals surface area contributed by atoms with Crippen LogP contribution in [-0.4, -0.2) is 23.4 Å². The van der Waals surface area contributed by atoms with Crippen LogP contribution in [0.4, 0.5) is 0 Å². The number of hydrogen-bond donors (Lipinski definition) is 2. The first-order chi connectivity index (χ1) is 10.8. The average molecular weight is 318 g/mol. The number of phenolic OH excluding ortho intramolecular Hbond substituents is 1. The quantitative estimate of drug-likeness (QED) is 0.822. The van der Waals surface area contributed by atoms with Crippen molar-refractivity contribution in [2.75, 3.05) is 7.11 Å². The van der Waals surface area contributed by atoms with Crippen LogP contribution in [0.2, 0.25) is 0 Å². The molecule has 0 aliphatic heterocycles. The Morgan fingerprint density at radius 3 is 2.52 bits per heavy atom. The first-order valence-electron chi connectivity index (χ1n) is 8.46. The van der Waals surface area contributed by atoms with Gasteiger partial charge in [0.25, 0.3) is 0 Å². The number of methoxy groups -OCH3 is 1. The molecule has 3 fully saturated rings. The maximum atomic E-state index is 9.61. The Hall–Kier alpha value is -1.48. The molecule has 0 spiro atoms. The monoisotopic (exact) mass is 318 g/mol. The van der Waals surface area contributed by atoms with Crippen LogP contribution >= 0.6 is 0 Å². The summed E-state index contributed by atoms with van der Waals surface area (Å²) in [6.07, 6.45) is 5.00. The molecule has 2 N–H and O–H groups in total. The highest BCUT2D eigenvalue weighted by atomic mass is 16.5. The lowest BCUT2D eigenvalue weighted by Crippen LogP contribution is -2.56. The van der Waals surface area contributed by atoms with Gasteiger partial charge in [0.1, 0.15) is 0 Å². The zero-order chi connectivity index (χ0) is 17.2. The van der Waals surface area contributed by atoms with Gasteiger partial charge in [0.05, 0.1) is 13.2 Å². The molecule has 3 saturated carbocycles. The topological polar surface area (TPSA) is 49.7 Å². The Morgan fingerprint density at radius 2 is 2.04 bits per heavy atom. The van der Waals surface area contributed by atoms with Crippen molar-refractivity contribution < 1.29 is 14.9 Å². The molecule has 0 amide bonds. The summed E-state index contributed by atoms with van der Waals surface area (Å²) >= 11 is 0. The Kier molecular flexibility index (Phi) is 5.41. The summed E-state index contributed by atoms with van der Waals surface area (Å²) in [6.45, 7) is 10.5. The predicted molar refractivity (Wildman–Crippen MR) is 93.7 cm³/mol. The van der Waals surface area contributed by atoms with Crippen molar-refractivity contribution in [1.29, 1.82) is 0 Å². The van der Waals surface area contributed by atoms with Gasteiger partial charge in [-0.2, -0.15) is 0 Å². The summed E-state index contributed by atoms with van der Waals surface area (Å²) in [7, 11) is 1.53. The molecule has 0 aromatic heterocycles. The molecule has 0 saturated heterocycles. The van der Waals surface area contributed by atoms with Crippen LogP contribution < -0.4 is 4.74 Å². The molecule has 3 aliphatic rings. The van der Waals surface area contributed by atoms with Crippen LogP contribution in [0.25, 0.3) is 0 Å². The van der Waals surface area contributed by atoms with E-state index >= 15 is 0 Å². The summed E-state index contributed by atoms with van der Waals surface area (Å²) in [5.41, 5.74) is 1.61. The Morgan fingerprint density at radius 1 is 1.35 bits per heavy atom. The molecule has 4 rings (SSSR count). The van der Waals surface area contributed by atoms with E-state index in [-0.39, 0.29) is 11.9 Å². The highest BCUT2D eigenvalue weighted by molar-refractivity contribution is 5.42. The number of fused-ring (bicyclic) bond motifs is 2. The van der Waals surface area contributed by atoms with Crippen molar-refractivity contribution >= 4 is 0 Å². The van der Waals surface area contributed by atoms with Crippen molar-refractivity contribution in [3.8, 4) is 11.5 Å². The fraction of sp³-hybridized carbons (Fsp3) is 0.600. The SMILES string of the molecule is C=CCc1ccc(O)c(OC)c1.CC1C(O)CC2CC1C2(C)C. The normalized spacial score (nSPS) is 30.5. The number of hydrogen-bond acceptors (Lipinski definition) is 3. The van der Waals surface area contributed by atoms with Gasteiger partial charge in [-0.25, -0.2) is 0 Å². The summed E-state index contributed by atoms with van der Waals surface area (Å²) in [5, 5.41) is 18.9. The lowest BCUT2D eigenvalue weighted by Gasteiger charge is -2.61. The van der Waals surface area contributed by atoms with Crippen molar-refractivity contribution in [2.24, 2.45) is 23.2 Å². The lowest BCUT2D eigenvalue weighted by atomic mass is 9.45. The molecule has 4 atom stereocenters. The van der Waals surface area contributed by atoms with Gasteiger partial charge in [-0.05, 0) is 60.1 Å². The molecule has 1 aromatic rings. The molecule has 3 nitrogen and oxygen atoms in total. The Balaban J connectivity index is 0.000000167. The maximum Gasteiger partial charge on any atom is 0.160 e. The standard InChI is InChI=1S/C10H12O2.C10H18O/c1-3-4-8-5-6-9(11)10(7-8)12-2;1-6-8-4-7(5-9(6)11)10(8,2)3/h3,5-7,11H,1,4H2,2H3;6-9,11H,4-5H2,1-3H3. The molecule has 4 unspecified atom stereocenters. The highest BCUT2D eigenvalue weighted by Crippen LogP contribution is 2.61. The van der Waals surface area contributed by atoms with Gasteiger partial charge in [0, 0.05) is 0 Å². The summed E-state index contributed by atoms with van der Waals surface area (Å²) in [5.74, 6) is 2.81. The minimum absolute atomic E-state index is 0.00762. The second-order valence-corrected chi connectivity index (χ2v) is 7.52. The molecule has 1 aromatic carbocycles. The van der Waals surface area contributed by atoms with Gasteiger partial charge in [-0.1, -0.05) is 32.9 Å². The Bertz CT molecular complexity index is 550. The minimum Gasteiger partial charge on any atom is -0.504 e. The van der Waals surface area contributed by atoms with E-state index in [4.69, 9.17) is 4.74 Å². The first kappa shape index (κ1) is 17.9. The second kappa shape index (κ2) is 6.96. The van der Waals surface area contributed by atoms with Crippen LogP contribution in [0.3, 0.4) is 0 Å². The van der Waals surface area contributed by atoms with E-state index in [1.807, 2.05) is 12.1 Å². The van der Waals surface area contributed by atoms with E-state index in [1.165, 1.54) is 13.5 Å². The van der Waals surface area contributed by atoms with Gasteiger partial charge in [-0.15, -0.1) is 6.58 Å². The third-order valence-electron chi connectivity index (χ3n) is 5.94. The van der Waals surface area contributed by atoms with Crippen LogP contribution in [0.1, 0.15) is 39.2 Å². The average Bonchev–Trinajstić information content (AvgIpc) is 2.52. The molecule has 0 heterocycles. The zero-order valence-electron chi connectivity index (χ0n) is 14.7.